The first kappa shape index (κ1) is 12.7. The van der Waals surface area contributed by atoms with E-state index in [4.69, 9.17) is 0 Å². The summed E-state index contributed by atoms with van der Waals surface area (Å²) >= 11 is 0. The summed E-state index contributed by atoms with van der Waals surface area (Å²) in [6.45, 7) is 8.11. The maximum Gasteiger partial charge on any atom is 0.124 e. The van der Waals surface area contributed by atoms with E-state index < -0.39 is 0 Å². The normalized spacial score (nSPS) is 11.2. The molecule has 0 saturated carbocycles. The fourth-order valence-electron chi connectivity index (χ4n) is 1.98. The summed E-state index contributed by atoms with van der Waals surface area (Å²) in [6.07, 6.45) is 1.86. The molecule has 0 aromatic carbocycles. The van der Waals surface area contributed by atoms with Crippen LogP contribution in [0.4, 0.5) is 5.82 Å². The topological polar surface area (TPSA) is 47.7 Å². The highest BCUT2D eigenvalue weighted by molar-refractivity contribution is 5.36. The molecular weight excluding hydrogens is 226 g/mol. The second-order valence-corrected chi connectivity index (χ2v) is 5.05. The Bertz CT molecular complexity index is 509. The second kappa shape index (κ2) is 5.25. The van der Waals surface area contributed by atoms with Crippen molar-refractivity contribution < 1.29 is 0 Å². The Morgan fingerprint density at radius 3 is 2.78 bits per heavy atom. The van der Waals surface area contributed by atoms with Gasteiger partial charge in [0.1, 0.15) is 5.82 Å². The van der Waals surface area contributed by atoms with Gasteiger partial charge in [-0.05, 0) is 18.9 Å². The Labute approximate surface area is 108 Å². The van der Waals surface area contributed by atoms with Crippen molar-refractivity contribution in [1.82, 2.24) is 19.6 Å². The first-order valence-electron chi connectivity index (χ1n) is 6.31. The lowest BCUT2D eigenvalue weighted by Gasteiger charge is -2.11. The van der Waals surface area contributed by atoms with Crippen LogP contribution in [0.1, 0.15) is 25.2 Å². The number of aryl methyl sites for hydroxylation is 2. The SMILES string of the molecule is Cc1cc(NCc2ccnn2CC(C)C)n(C)n1. The van der Waals surface area contributed by atoms with Gasteiger partial charge >= 0.3 is 0 Å². The number of anilines is 1. The molecule has 0 amide bonds. The number of nitrogens with zero attached hydrogens (tertiary/aromatic N) is 4. The Kier molecular flexibility index (Phi) is 3.69. The predicted octanol–water partition coefficient (Wildman–Crippen LogP) is 2.19. The van der Waals surface area contributed by atoms with Gasteiger partial charge in [0.05, 0.1) is 17.9 Å². The van der Waals surface area contributed by atoms with E-state index in [2.05, 4.69) is 40.1 Å². The molecule has 2 aromatic heterocycles. The van der Waals surface area contributed by atoms with Gasteiger partial charge in [-0.25, -0.2) is 0 Å². The molecule has 0 unspecified atom stereocenters. The highest BCUT2D eigenvalue weighted by atomic mass is 15.3. The first-order valence-corrected chi connectivity index (χ1v) is 6.31. The minimum Gasteiger partial charge on any atom is -0.365 e. The van der Waals surface area contributed by atoms with Crippen LogP contribution in [0.15, 0.2) is 18.3 Å². The molecule has 0 saturated heterocycles. The van der Waals surface area contributed by atoms with E-state index in [-0.39, 0.29) is 0 Å². The maximum atomic E-state index is 4.35. The van der Waals surface area contributed by atoms with E-state index in [1.54, 1.807) is 0 Å². The van der Waals surface area contributed by atoms with E-state index in [1.807, 2.05) is 30.9 Å². The molecule has 0 aliphatic heterocycles. The van der Waals surface area contributed by atoms with Crippen LogP contribution in [0.5, 0.6) is 0 Å². The van der Waals surface area contributed by atoms with Gasteiger partial charge in [-0.3, -0.25) is 9.36 Å². The molecule has 2 heterocycles. The van der Waals surface area contributed by atoms with Gasteiger partial charge in [-0.2, -0.15) is 10.2 Å². The minimum absolute atomic E-state index is 0.600. The fourth-order valence-corrected chi connectivity index (χ4v) is 1.98. The molecule has 98 valence electrons. The van der Waals surface area contributed by atoms with Gasteiger partial charge in [-0.1, -0.05) is 13.8 Å². The molecule has 0 aliphatic rings. The summed E-state index contributed by atoms with van der Waals surface area (Å²) in [5.74, 6) is 1.63. The van der Waals surface area contributed by atoms with Crippen molar-refractivity contribution in [3.63, 3.8) is 0 Å². The van der Waals surface area contributed by atoms with E-state index in [0.29, 0.717) is 5.92 Å². The highest BCUT2D eigenvalue weighted by Gasteiger charge is 2.06. The third-order valence-electron chi connectivity index (χ3n) is 2.80. The van der Waals surface area contributed by atoms with Crippen molar-refractivity contribution in [3.05, 3.63) is 29.7 Å². The number of rotatable bonds is 5. The van der Waals surface area contributed by atoms with Gasteiger partial charge in [0.15, 0.2) is 0 Å². The number of nitrogens with one attached hydrogen (secondary N) is 1. The maximum absolute atomic E-state index is 4.35. The van der Waals surface area contributed by atoms with Crippen LogP contribution in [0, 0.1) is 12.8 Å². The Balaban J connectivity index is 2.02. The molecular formula is C13H21N5. The van der Waals surface area contributed by atoms with E-state index >= 15 is 0 Å². The lowest BCUT2D eigenvalue weighted by atomic mass is 10.2. The standard InChI is InChI=1S/C13H21N5/c1-10(2)9-18-12(5-6-15-18)8-14-13-7-11(3)16-17(13)4/h5-7,10,14H,8-9H2,1-4H3. The molecule has 0 spiro atoms. The van der Waals surface area contributed by atoms with Crippen molar-refractivity contribution in [1.29, 1.82) is 0 Å². The van der Waals surface area contributed by atoms with Gasteiger partial charge in [0.25, 0.3) is 0 Å². The summed E-state index contributed by atoms with van der Waals surface area (Å²) in [4.78, 5) is 0. The molecule has 0 fully saturated rings. The molecule has 5 nitrogen and oxygen atoms in total. The number of hydrogen-bond donors (Lipinski definition) is 1. The third-order valence-corrected chi connectivity index (χ3v) is 2.80. The largest absolute Gasteiger partial charge is 0.365 e. The average molecular weight is 247 g/mol. The zero-order chi connectivity index (χ0) is 13.1. The number of aromatic nitrogens is 4. The quantitative estimate of drug-likeness (QED) is 0.881. The van der Waals surface area contributed by atoms with Crippen LogP contribution in [-0.4, -0.2) is 19.6 Å². The van der Waals surface area contributed by atoms with Crippen molar-refractivity contribution >= 4 is 5.82 Å². The van der Waals surface area contributed by atoms with Crippen LogP contribution in [0.2, 0.25) is 0 Å². The molecule has 1 N–H and O–H groups in total. The molecule has 18 heavy (non-hydrogen) atoms. The Hall–Kier alpha value is -1.78. The summed E-state index contributed by atoms with van der Waals surface area (Å²) in [7, 11) is 1.95. The van der Waals surface area contributed by atoms with Crippen molar-refractivity contribution in [2.45, 2.75) is 33.9 Å². The Morgan fingerprint density at radius 2 is 2.17 bits per heavy atom. The number of hydrogen-bond acceptors (Lipinski definition) is 3. The third kappa shape index (κ3) is 2.91. The summed E-state index contributed by atoms with van der Waals surface area (Å²) in [5.41, 5.74) is 2.22. The lowest BCUT2D eigenvalue weighted by Crippen LogP contribution is -2.13. The summed E-state index contributed by atoms with van der Waals surface area (Å²) in [6, 6.07) is 4.10. The van der Waals surface area contributed by atoms with E-state index in [1.165, 1.54) is 5.69 Å². The van der Waals surface area contributed by atoms with Crippen molar-refractivity contribution in [2.75, 3.05) is 5.32 Å². The monoisotopic (exact) mass is 247 g/mol. The molecule has 2 aromatic rings. The van der Waals surface area contributed by atoms with Gasteiger partial charge in [-0.15, -0.1) is 0 Å². The fraction of sp³-hybridized carbons (Fsp3) is 0.538. The zero-order valence-corrected chi connectivity index (χ0v) is 11.5. The van der Waals surface area contributed by atoms with Crippen LogP contribution < -0.4 is 5.32 Å². The van der Waals surface area contributed by atoms with E-state index in [0.717, 1.165) is 24.6 Å². The molecule has 5 heteroatoms. The zero-order valence-electron chi connectivity index (χ0n) is 11.5. The molecule has 2 rings (SSSR count). The van der Waals surface area contributed by atoms with Crippen LogP contribution in [0.25, 0.3) is 0 Å². The minimum atomic E-state index is 0.600. The smallest absolute Gasteiger partial charge is 0.124 e. The molecule has 0 atom stereocenters. The van der Waals surface area contributed by atoms with Crippen molar-refractivity contribution in [2.24, 2.45) is 13.0 Å². The summed E-state index contributed by atoms with van der Waals surface area (Å²) in [5, 5.41) is 12.1. The lowest BCUT2D eigenvalue weighted by molar-refractivity contribution is 0.470. The average Bonchev–Trinajstić information content (AvgIpc) is 2.82. The first-order chi connectivity index (χ1) is 8.56. The molecule has 0 radical (unpaired) electrons. The van der Waals surface area contributed by atoms with Crippen molar-refractivity contribution in [3.8, 4) is 0 Å². The van der Waals surface area contributed by atoms with Gasteiger partial charge in [0.2, 0.25) is 0 Å². The van der Waals surface area contributed by atoms with Crippen LogP contribution in [0.3, 0.4) is 0 Å². The van der Waals surface area contributed by atoms with Crippen LogP contribution in [-0.2, 0) is 20.1 Å². The highest BCUT2D eigenvalue weighted by Crippen LogP contribution is 2.11. The van der Waals surface area contributed by atoms with Crippen LogP contribution >= 0.6 is 0 Å². The van der Waals surface area contributed by atoms with E-state index in [9.17, 15) is 0 Å². The second-order valence-electron chi connectivity index (χ2n) is 5.05. The molecule has 0 bridgehead atoms. The van der Waals surface area contributed by atoms with Gasteiger partial charge in [0, 0.05) is 25.9 Å². The van der Waals surface area contributed by atoms with Gasteiger partial charge < -0.3 is 5.32 Å². The Morgan fingerprint density at radius 1 is 1.39 bits per heavy atom. The summed E-state index contributed by atoms with van der Waals surface area (Å²) < 4.78 is 3.92. The molecule has 0 aliphatic carbocycles. The predicted molar refractivity (Wildman–Crippen MR) is 72.3 cm³/mol.